The highest BCUT2D eigenvalue weighted by Gasteiger charge is 2.38. The lowest BCUT2D eigenvalue weighted by atomic mass is 9.73. The van der Waals surface area contributed by atoms with Crippen LogP contribution >= 0.6 is 0 Å². The molecule has 2 N–H and O–H groups in total. The van der Waals surface area contributed by atoms with E-state index in [0.29, 0.717) is 36.8 Å². The lowest BCUT2D eigenvalue weighted by Gasteiger charge is -2.30. The highest BCUT2D eigenvalue weighted by Crippen LogP contribution is 2.36. The Labute approximate surface area is 269 Å². The van der Waals surface area contributed by atoms with Crippen LogP contribution in [0.5, 0.6) is 0 Å². The summed E-state index contributed by atoms with van der Waals surface area (Å²) in [5.74, 6) is 0.754. The van der Waals surface area contributed by atoms with Crippen LogP contribution in [0.3, 0.4) is 0 Å². The van der Waals surface area contributed by atoms with Crippen molar-refractivity contribution in [2.75, 3.05) is 13.6 Å². The number of hydrogen-bond acceptors (Lipinski definition) is 6. The molecule has 2 saturated carbocycles. The molecule has 250 valence electrons. The molecule has 0 amide bonds. The number of rotatable bonds is 20. The number of allylic oxidation sites excluding steroid dienone is 4. The molecule has 6 heteroatoms. The van der Waals surface area contributed by atoms with Crippen molar-refractivity contribution in [2.45, 2.75) is 164 Å². The van der Waals surface area contributed by atoms with Crippen LogP contribution in [0.1, 0.15) is 164 Å². The highest BCUT2D eigenvalue weighted by molar-refractivity contribution is 6.23. The summed E-state index contributed by atoms with van der Waals surface area (Å²) in [5, 5.41) is 6.68. The molecule has 0 bridgehead atoms. The SMILES string of the molecule is CNC(CCCCCCCCC(NCCCCCCCCC(C)C)=C1C(=O)CC(C)(C)CC1=O)=C1C(=O)CC(C)(C)CC1=O. The number of ketones is 4. The number of carbonyl (C=O) groups is 4. The fraction of sp³-hybridized carbons (Fsp3) is 0.789. The van der Waals surface area contributed by atoms with Crippen LogP contribution in [-0.4, -0.2) is 36.7 Å². The molecule has 2 aliphatic carbocycles. The first kappa shape index (κ1) is 37.9. The Bertz CT molecular complexity index is 1000. The molecule has 0 atom stereocenters. The summed E-state index contributed by atoms with van der Waals surface area (Å²) >= 11 is 0. The first-order chi connectivity index (χ1) is 20.8. The summed E-state index contributed by atoms with van der Waals surface area (Å²) < 4.78 is 0. The van der Waals surface area contributed by atoms with E-state index in [1.807, 2.05) is 27.7 Å². The van der Waals surface area contributed by atoms with Gasteiger partial charge in [-0.15, -0.1) is 0 Å². The van der Waals surface area contributed by atoms with Gasteiger partial charge in [-0.25, -0.2) is 0 Å². The van der Waals surface area contributed by atoms with E-state index in [-0.39, 0.29) is 34.0 Å². The van der Waals surface area contributed by atoms with E-state index in [0.717, 1.165) is 81.6 Å². The van der Waals surface area contributed by atoms with Crippen LogP contribution in [0, 0.1) is 16.7 Å². The average Bonchev–Trinajstić information content (AvgIpc) is 2.89. The largest absolute Gasteiger partial charge is 0.391 e. The third-order valence-electron chi connectivity index (χ3n) is 9.23. The molecular formula is C38H64N2O4. The monoisotopic (exact) mass is 612 g/mol. The topological polar surface area (TPSA) is 92.3 Å². The van der Waals surface area contributed by atoms with Crippen molar-refractivity contribution in [3.05, 3.63) is 22.5 Å². The van der Waals surface area contributed by atoms with Crippen LogP contribution in [0.15, 0.2) is 22.5 Å². The second kappa shape index (κ2) is 18.7. The minimum Gasteiger partial charge on any atom is -0.391 e. The molecule has 2 fully saturated rings. The van der Waals surface area contributed by atoms with Crippen LogP contribution in [0.2, 0.25) is 0 Å². The van der Waals surface area contributed by atoms with Gasteiger partial charge < -0.3 is 10.6 Å². The number of hydrogen-bond donors (Lipinski definition) is 2. The third-order valence-corrected chi connectivity index (χ3v) is 9.23. The molecule has 0 heterocycles. The van der Waals surface area contributed by atoms with Gasteiger partial charge >= 0.3 is 0 Å². The maximum Gasteiger partial charge on any atom is 0.168 e. The van der Waals surface area contributed by atoms with Crippen molar-refractivity contribution >= 4 is 23.1 Å². The van der Waals surface area contributed by atoms with E-state index in [9.17, 15) is 19.2 Å². The number of carbonyl (C=O) groups excluding carboxylic acids is 4. The van der Waals surface area contributed by atoms with Gasteiger partial charge in [0, 0.05) is 50.7 Å². The predicted molar refractivity (Wildman–Crippen MR) is 181 cm³/mol. The standard InChI is InChI=1S/C38H64N2O4/c1-28(2)20-16-12-10-11-15-19-23-40-30(36-33(43)26-38(5,6)27-34(36)44)22-18-14-9-8-13-17-21-29(39-7)35-31(41)24-37(3,4)25-32(35)42/h28,39-40H,8-27H2,1-7H3. The van der Waals surface area contributed by atoms with E-state index >= 15 is 0 Å². The summed E-state index contributed by atoms with van der Waals surface area (Å²) in [6, 6.07) is 0. The Morgan fingerprint density at radius 2 is 0.932 bits per heavy atom. The average molecular weight is 613 g/mol. The smallest absolute Gasteiger partial charge is 0.168 e. The summed E-state index contributed by atoms with van der Waals surface area (Å²) in [4.78, 5) is 51.4. The normalized spacial score (nSPS) is 18.3. The zero-order valence-corrected chi connectivity index (χ0v) is 29.4. The van der Waals surface area contributed by atoms with Gasteiger partial charge in [-0.3, -0.25) is 19.2 Å². The fourth-order valence-corrected chi connectivity index (χ4v) is 6.81. The number of nitrogens with one attached hydrogen (secondary N) is 2. The molecule has 0 unspecified atom stereocenters. The van der Waals surface area contributed by atoms with Gasteiger partial charge in [-0.1, -0.05) is 106 Å². The predicted octanol–water partition coefficient (Wildman–Crippen LogP) is 8.73. The van der Waals surface area contributed by atoms with Gasteiger partial charge in [0.05, 0.1) is 11.1 Å². The molecule has 2 aliphatic rings. The van der Waals surface area contributed by atoms with Crippen molar-refractivity contribution in [2.24, 2.45) is 16.7 Å². The Balaban J connectivity index is 1.79. The molecule has 0 spiro atoms. The number of Topliss-reactive ketones (excluding diaryl/α,β-unsaturated/α-hetero) is 4. The Hall–Kier alpha value is -2.24. The molecule has 0 aromatic heterocycles. The lowest BCUT2D eigenvalue weighted by molar-refractivity contribution is -0.129. The quantitative estimate of drug-likeness (QED) is 0.0811. The van der Waals surface area contributed by atoms with Crippen LogP contribution in [0.25, 0.3) is 0 Å². The molecule has 0 aromatic rings. The summed E-state index contributed by atoms with van der Waals surface area (Å²) in [6.45, 7) is 13.4. The fourth-order valence-electron chi connectivity index (χ4n) is 6.81. The van der Waals surface area contributed by atoms with Crippen LogP contribution < -0.4 is 10.6 Å². The lowest BCUT2D eigenvalue weighted by Crippen LogP contribution is -2.34. The Morgan fingerprint density at radius 3 is 1.36 bits per heavy atom. The molecule has 0 saturated heterocycles. The van der Waals surface area contributed by atoms with Crippen molar-refractivity contribution in [1.29, 1.82) is 0 Å². The van der Waals surface area contributed by atoms with Crippen LogP contribution in [-0.2, 0) is 19.2 Å². The summed E-state index contributed by atoms with van der Waals surface area (Å²) in [5.41, 5.74) is 2.02. The Morgan fingerprint density at radius 1 is 0.568 bits per heavy atom. The van der Waals surface area contributed by atoms with E-state index in [2.05, 4.69) is 24.5 Å². The first-order valence-electron chi connectivity index (χ1n) is 17.8. The van der Waals surface area contributed by atoms with E-state index < -0.39 is 0 Å². The molecular weight excluding hydrogens is 548 g/mol. The van der Waals surface area contributed by atoms with Gasteiger partial charge in [-0.05, 0) is 48.9 Å². The maximum absolute atomic E-state index is 13.0. The second-order valence-electron chi connectivity index (χ2n) is 15.5. The zero-order valence-electron chi connectivity index (χ0n) is 29.4. The van der Waals surface area contributed by atoms with Crippen molar-refractivity contribution in [3.8, 4) is 0 Å². The van der Waals surface area contributed by atoms with Gasteiger partial charge in [0.2, 0.25) is 0 Å². The summed E-state index contributed by atoms with van der Waals surface area (Å²) in [7, 11) is 1.81. The van der Waals surface area contributed by atoms with E-state index in [1.165, 1.54) is 38.5 Å². The van der Waals surface area contributed by atoms with Crippen molar-refractivity contribution in [1.82, 2.24) is 10.6 Å². The minimum absolute atomic E-state index is 0.00634. The molecule has 0 aromatic carbocycles. The zero-order chi connectivity index (χ0) is 32.8. The summed E-state index contributed by atoms with van der Waals surface area (Å²) in [6.07, 6.45) is 18.1. The molecule has 0 aliphatic heterocycles. The Kier molecular flexibility index (Phi) is 16.1. The van der Waals surface area contributed by atoms with Crippen molar-refractivity contribution < 1.29 is 19.2 Å². The van der Waals surface area contributed by atoms with Gasteiger partial charge in [0.1, 0.15) is 0 Å². The van der Waals surface area contributed by atoms with Gasteiger partial charge in [0.25, 0.3) is 0 Å². The van der Waals surface area contributed by atoms with Gasteiger partial charge in [-0.2, -0.15) is 0 Å². The van der Waals surface area contributed by atoms with E-state index in [4.69, 9.17) is 0 Å². The third kappa shape index (κ3) is 13.4. The molecule has 44 heavy (non-hydrogen) atoms. The molecule has 0 radical (unpaired) electrons. The molecule has 6 nitrogen and oxygen atoms in total. The second-order valence-corrected chi connectivity index (χ2v) is 15.5. The van der Waals surface area contributed by atoms with Crippen molar-refractivity contribution in [3.63, 3.8) is 0 Å². The van der Waals surface area contributed by atoms with Crippen LogP contribution in [0.4, 0.5) is 0 Å². The highest BCUT2D eigenvalue weighted by atomic mass is 16.2. The molecule has 2 rings (SSSR count). The van der Waals surface area contributed by atoms with Gasteiger partial charge in [0.15, 0.2) is 23.1 Å². The minimum atomic E-state index is -0.254. The van der Waals surface area contributed by atoms with E-state index in [1.54, 1.807) is 7.05 Å². The number of unbranched alkanes of at least 4 members (excludes halogenated alkanes) is 10. The maximum atomic E-state index is 13.0. The first-order valence-corrected chi connectivity index (χ1v) is 17.8.